The highest BCUT2D eigenvalue weighted by molar-refractivity contribution is 7.99. The van der Waals surface area contributed by atoms with Crippen LogP contribution in [0.1, 0.15) is 29.9 Å². The maximum absolute atomic E-state index is 11.1. The van der Waals surface area contributed by atoms with Gasteiger partial charge in [0, 0.05) is 26.2 Å². The molecule has 4 rings (SSSR count). The number of ether oxygens (including phenoxy) is 7. The van der Waals surface area contributed by atoms with Gasteiger partial charge in [-0.1, -0.05) is 18.2 Å². The Morgan fingerprint density at radius 3 is 1.98 bits per heavy atom. The lowest BCUT2D eigenvalue weighted by atomic mass is 9.76. The fraction of sp³-hybridized carbons (Fsp3) is 0.438. The van der Waals surface area contributed by atoms with Gasteiger partial charge in [0.25, 0.3) is 10.1 Å². The molecule has 1 aliphatic heterocycles. The van der Waals surface area contributed by atoms with Gasteiger partial charge >= 0.3 is 0 Å². The number of hydrogen-bond donors (Lipinski definition) is 0. The summed E-state index contributed by atoms with van der Waals surface area (Å²) in [5.41, 5.74) is 2.28. The number of thioether (sulfide) groups is 1. The minimum absolute atomic E-state index is 0.0445. The summed E-state index contributed by atoms with van der Waals surface area (Å²) in [7, 11) is -0.297. The molecule has 0 saturated heterocycles. The Bertz CT molecular complexity index is 1410. The molecule has 12 heteroatoms. The second kappa shape index (κ2) is 16.2. The van der Waals surface area contributed by atoms with E-state index >= 15 is 0 Å². The molecule has 3 aromatic carbocycles. The first-order chi connectivity index (χ1) is 21.3. The van der Waals surface area contributed by atoms with Gasteiger partial charge in [0.15, 0.2) is 13.6 Å². The van der Waals surface area contributed by atoms with E-state index in [4.69, 9.17) is 37.3 Å². The molecule has 240 valence electrons. The largest absolute Gasteiger partial charge is 0.494 e. The van der Waals surface area contributed by atoms with Crippen molar-refractivity contribution in [3.63, 3.8) is 0 Å². The van der Waals surface area contributed by atoms with E-state index in [9.17, 15) is 8.42 Å². The molecule has 0 radical (unpaired) electrons. The van der Waals surface area contributed by atoms with E-state index in [0.717, 1.165) is 47.5 Å². The minimum atomic E-state index is -3.49. The van der Waals surface area contributed by atoms with Gasteiger partial charge in [-0.05, 0) is 72.7 Å². The predicted octanol–water partition coefficient (Wildman–Crippen LogP) is 5.60. The van der Waals surface area contributed by atoms with Crippen LogP contribution in [0, 0.1) is 0 Å². The van der Waals surface area contributed by atoms with Crippen LogP contribution in [0.2, 0.25) is 0 Å². The van der Waals surface area contributed by atoms with Gasteiger partial charge < -0.3 is 33.2 Å². The normalized spacial score (nSPS) is 17.8. The zero-order chi connectivity index (χ0) is 31.4. The lowest BCUT2D eigenvalue weighted by Gasteiger charge is -2.44. The smallest absolute Gasteiger partial charge is 0.264 e. The van der Waals surface area contributed by atoms with Crippen molar-refractivity contribution in [2.45, 2.75) is 23.5 Å². The molecule has 1 aliphatic rings. The summed E-state index contributed by atoms with van der Waals surface area (Å²) in [4.78, 5) is 0. The topological polar surface area (TPSA) is 108 Å². The van der Waals surface area contributed by atoms with Crippen molar-refractivity contribution in [3.05, 3.63) is 77.9 Å². The standard InChI is InChI=1S/C32H40O10S2/c1-35-22-40-27-9-7-24(8-10-27)32(43-3)21-39-31-20-28(41-23-36-2)15-16-29(31)30(32)6-5-17-37-25-11-13-26(14-12-25)38-18-19-42-44(4,33)34/h7-16,20,30H,5-6,17-19,21-23H2,1-4H3. The summed E-state index contributed by atoms with van der Waals surface area (Å²) in [5.74, 6) is 3.71. The first-order valence-electron chi connectivity index (χ1n) is 14.1. The molecule has 0 aromatic heterocycles. The van der Waals surface area contributed by atoms with Crippen molar-refractivity contribution in [2.75, 3.05) is 66.7 Å². The molecule has 0 fully saturated rings. The SMILES string of the molecule is COCOc1ccc(C2(SC)COc3cc(OCOC)ccc3C2CCCOc2ccc(OCCOS(C)(=O)=O)cc2)cc1. The maximum Gasteiger partial charge on any atom is 0.264 e. The first-order valence-corrected chi connectivity index (χ1v) is 17.2. The Labute approximate surface area is 264 Å². The molecular weight excluding hydrogens is 608 g/mol. The molecule has 2 atom stereocenters. The van der Waals surface area contributed by atoms with Gasteiger partial charge in [-0.15, -0.1) is 11.8 Å². The molecule has 2 unspecified atom stereocenters. The molecule has 1 heterocycles. The minimum Gasteiger partial charge on any atom is -0.494 e. The van der Waals surface area contributed by atoms with Crippen molar-refractivity contribution in [3.8, 4) is 28.7 Å². The van der Waals surface area contributed by atoms with Gasteiger partial charge in [-0.25, -0.2) is 0 Å². The third kappa shape index (κ3) is 9.18. The Morgan fingerprint density at radius 2 is 1.36 bits per heavy atom. The number of benzene rings is 3. The van der Waals surface area contributed by atoms with E-state index in [0.29, 0.717) is 24.7 Å². The highest BCUT2D eigenvalue weighted by Crippen LogP contribution is 2.54. The van der Waals surface area contributed by atoms with Gasteiger partial charge in [-0.3, -0.25) is 4.18 Å². The molecule has 0 amide bonds. The maximum atomic E-state index is 11.1. The predicted molar refractivity (Wildman–Crippen MR) is 169 cm³/mol. The molecule has 0 bridgehead atoms. The summed E-state index contributed by atoms with van der Waals surface area (Å²) in [6, 6.07) is 21.4. The summed E-state index contributed by atoms with van der Waals surface area (Å²) >= 11 is 1.79. The Balaban J connectivity index is 1.44. The summed E-state index contributed by atoms with van der Waals surface area (Å²) < 4.78 is 65.9. The number of rotatable bonds is 18. The van der Waals surface area contributed by atoms with Crippen LogP contribution in [0.5, 0.6) is 28.7 Å². The van der Waals surface area contributed by atoms with E-state index < -0.39 is 10.1 Å². The highest BCUT2D eigenvalue weighted by atomic mass is 32.2. The highest BCUT2D eigenvalue weighted by Gasteiger charge is 2.45. The van der Waals surface area contributed by atoms with E-state index in [2.05, 4.69) is 24.5 Å². The van der Waals surface area contributed by atoms with Gasteiger partial charge in [-0.2, -0.15) is 8.42 Å². The molecule has 10 nitrogen and oxygen atoms in total. The van der Waals surface area contributed by atoms with E-state index in [1.54, 1.807) is 38.1 Å². The van der Waals surface area contributed by atoms with Crippen LogP contribution >= 0.6 is 11.8 Å². The summed E-state index contributed by atoms with van der Waals surface area (Å²) in [6.45, 7) is 1.46. The zero-order valence-corrected chi connectivity index (χ0v) is 27.1. The van der Waals surface area contributed by atoms with Crippen molar-refractivity contribution in [1.82, 2.24) is 0 Å². The van der Waals surface area contributed by atoms with Crippen LogP contribution in [-0.4, -0.2) is 75.2 Å². The van der Waals surface area contributed by atoms with Crippen LogP contribution in [0.3, 0.4) is 0 Å². The quantitative estimate of drug-likeness (QED) is 0.0977. The van der Waals surface area contributed by atoms with Gasteiger partial charge in [0.2, 0.25) is 0 Å². The molecule has 0 saturated carbocycles. The van der Waals surface area contributed by atoms with Crippen LogP contribution in [0.15, 0.2) is 66.7 Å². The molecule has 0 aliphatic carbocycles. The summed E-state index contributed by atoms with van der Waals surface area (Å²) in [5, 5.41) is 0. The molecular formula is C32H40O10S2. The number of hydrogen-bond acceptors (Lipinski definition) is 11. The first kappa shape index (κ1) is 33.7. The number of methoxy groups -OCH3 is 2. The second-order valence-electron chi connectivity index (χ2n) is 10.1. The van der Waals surface area contributed by atoms with Crippen molar-refractivity contribution < 1.29 is 45.8 Å². The monoisotopic (exact) mass is 648 g/mol. The fourth-order valence-electron chi connectivity index (χ4n) is 5.09. The molecule has 3 aromatic rings. The Hall–Kier alpha value is -3.16. The Morgan fingerprint density at radius 1 is 0.795 bits per heavy atom. The third-order valence-corrected chi connectivity index (χ3v) is 9.10. The molecule has 44 heavy (non-hydrogen) atoms. The van der Waals surface area contributed by atoms with Gasteiger partial charge in [0.1, 0.15) is 48.6 Å². The lowest BCUT2D eigenvalue weighted by molar-refractivity contribution is 0.0506. The van der Waals surface area contributed by atoms with Crippen molar-refractivity contribution >= 4 is 21.9 Å². The van der Waals surface area contributed by atoms with Crippen LogP contribution in [-0.2, 0) is 28.5 Å². The fourth-order valence-corrected chi connectivity index (χ4v) is 6.54. The zero-order valence-electron chi connectivity index (χ0n) is 25.5. The van der Waals surface area contributed by atoms with E-state index in [-0.39, 0.29) is 37.5 Å². The Kier molecular flexibility index (Phi) is 12.4. The molecule has 0 N–H and O–H groups in total. The lowest BCUT2D eigenvalue weighted by Crippen LogP contribution is -2.40. The van der Waals surface area contributed by atoms with E-state index in [1.807, 2.05) is 36.4 Å². The van der Waals surface area contributed by atoms with Crippen LogP contribution in [0.25, 0.3) is 0 Å². The van der Waals surface area contributed by atoms with Gasteiger partial charge in [0.05, 0.1) is 17.6 Å². The average Bonchev–Trinajstić information content (AvgIpc) is 3.03. The van der Waals surface area contributed by atoms with E-state index in [1.165, 1.54) is 0 Å². The van der Waals surface area contributed by atoms with Crippen molar-refractivity contribution in [2.24, 2.45) is 0 Å². The summed E-state index contributed by atoms with van der Waals surface area (Å²) in [6.07, 6.45) is 4.80. The third-order valence-electron chi connectivity index (χ3n) is 7.14. The van der Waals surface area contributed by atoms with Crippen LogP contribution < -0.4 is 23.7 Å². The second-order valence-corrected chi connectivity index (χ2v) is 12.9. The van der Waals surface area contributed by atoms with Crippen LogP contribution in [0.4, 0.5) is 0 Å². The average molecular weight is 649 g/mol. The number of fused-ring (bicyclic) bond motifs is 1. The molecule has 0 spiro atoms. The van der Waals surface area contributed by atoms with Crippen molar-refractivity contribution in [1.29, 1.82) is 0 Å².